The molecule has 0 bridgehead atoms. The van der Waals surface area contributed by atoms with Gasteiger partial charge in [-0.3, -0.25) is 0 Å². The smallest absolute Gasteiger partial charge is 0.172 e. The van der Waals surface area contributed by atoms with Crippen LogP contribution < -0.4 is 0 Å². The molecule has 0 saturated heterocycles. The van der Waals surface area contributed by atoms with Crippen LogP contribution >= 0.6 is 92.4 Å². The van der Waals surface area contributed by atoms with Crippen LogP contribution in [0.25, 0.3) is 44.8 Å². The van der Waals surface area contributed by atoms with Crippen molar-refractivity contribution in [3.63, 3.8) is 0 Å². The van der Waals surface area contributed by atoms with Crippen LogP contribution in [0.4, 0.5) is 0 Å². The third-order valence-electron chi connectivity index (χ3n) is 9.60. The number of hydrogen-bond acceptors (Lipinski definition) is 20. The summed E-state index contributed by atoms with van der Waals surface area (Å²) in [6.45, 7) is 15.6. The molecule has 0 saturated carbocycles. The second-order valence-corrected chi connectivity index (χ2v) is 21.8. The molecule has 8 rings (SSSR count). The molecule has 0 aliphatic heterocycles. The van der Waals surface area contributed by atoms with Crippen molar-refractivity contribution in [3.05, 3.63) is 89.3 Å². The zero-order valence-corrected chi connectivity index (χ0v) is 43.3. The van der Waals surface area contributed by atoms with Crippen LogP contribution in [-0.4, -0.2) is 45.6 Å². The van der Waals surface area contributed by atoms with Gasteiger partial charge in [0.15, 0.2) is 5.76 Å². The summed E-state index contributed by atoms with van der Waals surface area (Å²) in [5.41, 5.74) is 13.9. The Labute approximate surface area is 404 Å². The fraction of sp³-hybridized carbons (Fsp3) is 0.273. The van der Waals surface area contributed by atoms with Crippen molar-refractivity contribution in [2.45, 2.75) is 72.2 Å². The van der Waals surface area contributed by atoms with Crippen molar-refractivity contribution in [3.8, 4) is 69.1 Å². The van der Waals surface area contributed by atoms with E-state index in [4.69, 9.17) is 39.1 Å². The van der Waals surface area contributed by atoms with E-state index in [0.29, 0.717) is 0 Å². The highest BCUT2D eigenvalue weighted by Crippen LogP contribution is 2.45. The second-order valence-electron chi connectivity index (χ2n) is 13.4. The first-order chi connectivity index (χ1) is 30.7. The molecule has 8 aromatic rings. The molecule has 0 aliphatic rings. The van der Waals surface area contributed by atoms with Gasteiger partial charge in [0.2, 0.25) is 0 Å². The summed E-state index contributed by atoms with van der Waals surface area (Å²) in [6, 6.07) is 8.89. The highest BCUT2D eigenvalue weighted by Gasteiger charge is 2.23. The van der Waals surface area contributed by atoms with Crippen LogP contribution in [0.2, 0.25) is 0 Å². The molecule has 0 unspecified atom stereocenters. The first-order valence-corrected chi connectivity index (χ1v) is 26.9. The molecule has 0 spiro atoms. The van der Waals surface area contributed by atoms with Crippen LogP contribution in [0.5, 0.6) is 0 Å². The van der Waals surface area contributed by atoms with Gasteiger partial charge in [-0.05, 0) is 103 Å². The monoisotopic (exact) mass is 1000 g/mol. The number of thiophene rings is 4. The second kappa shape index (κ2) is 22.8. The number of aromatic nitrogens is 4. The van der Waals surface area contributed by atoms with Crippen molar-refractivity contribution < 1.29 is 18.1 Å². The lowest BCUT2D eigenvalue weighted by Gasteiger charge is -2.00. The predicted molar refractivity (Wildman–Crippen MR) is 263 cm³/mol. The highest BCUT2D eigenvalue weighted by atomic mass is 32.2. The topological polar surface area (TPSA) is 199 Å². The average molecular weight is 1000 g/mol. The molecule has 328 valence electrons. The Kier molecular flexibility index (Phi) is 17.8. The van der Waals surface area contributed by atoms with E-state index >= 15 is 0 Å². The van der Waals surface area contributed by atoms with E-state index in [2.05, 4.69) is 44.9 Å². The van der Waals surface area contributed by atoms with Gasteiger partial charge < -0.3 is 18.1 Å². The van der Waals surface area contributed by atoms with Crippen LogP contribution in [0.15, 0.2) is 59.8 Å². The lowest BCUT2D eigenvalue weighted by Crippen LogP contribution is -1.83. The maximum Gasteiger partial charge on any atom is 0.172 e. The summed E-state index contributed by atoms with van der Waals surface area (Å²) in [7, 11) is 0. The molecule has 0 N–H and O–H groups in total. The SMILES string of the molecule is CSc1sc(C#N)c(C)c1-c1cnoc1C.CSc1sc(C#N)c(C)c1-c1conc1C.CSc1sc(C#N)c(C)c1-c1nocc1C.CSc1sc(C#N)c(C)c1-c1oncc1C. The van der Waals surface area contributed by atoms with Crippen LogP contribution in [-0.2, 0) is 0 Å². The Morgan fingerprint density at radius 3 is 1.28 bits per heavy atom. The molecule has 0 atom stereocenters. The van der Waals surface area contributed by atoms with E-state index in [1.165, 1.54) is 45.3 Å². The van der Waals surface area contributed by atoms with Gasteiger partial charge in [0.05, 0.1) is 34.9 Å². The number of nitriles is 4. The van der Waals surface area contributed by atoms with Gasteiger partial charge >= 0.3 is 0 Å². The third-order valence-corrected chi connectivity index (χ3v) is 18.9. The molecule has 64 heavy (non-hydrogen) atoms. The van der Waals surface area contributed by atoms with E-state index in [1.54, 1.807) is 72.0 Å². The standard InChI is InChI=1S/4C11H10N2OS2/c1-6-9(4-12)16-11(15-3)10(6)8-5-14-13-7(8)2;1-6-9(4-12)16-11(15-3)10(6)8-5-13-14-7(8)2;1-6-5-14-13-10(6)9-7(2)8(4-12)16-11(9)15-3;1-6-5-13-14-10(6)9-7(2)8(4-12)16-11(9)15-3/h4*5H,1-3H3. The number of thioether (sulfide) groups is 4. The van der Waals surface area contributed by atoms with Gasteiger partial charge in [0.1, 0.15) is 67.8 Å². The van der Waals surface area contributed by atoms with Crippen molar-refractivity contribution in [2.24, 2.45) is 0 Å². The third kappa shape index (κ3) is 10.4. The van der Waals surface area contributed by atoms with Gasteiger partial charge in [-0.1, -0.05) is 20.6 Å². The quantitative estimate of drug-likeness (QED) is 0.130. The Balaban J connectivity index is 0.000000161. The summed E-state index contributed by atoms with van der Waals surface area (Å²) < 4.78 is 24.8. The molecule has 0 amide bonds. The van der Waals surface area contributed by atoms with Crippen LogP contribution in [0.1, 0.15) is 64.3 Å². The minimum absolute atomic E-state index is 0.746. The van der Waals surface area contributed by atoms with Gasteiger partial charge in [0.25, 0.3) is 0 Å². The minimum Gasteiger partial charge on any atom is -0.364 e. The zero-order valence-electron chi connectivity index (χ0n) is 36.8. The first-order valence-electron chi connectivity index (χ1n) is 18.7. The molecular weight excluding hydrogens is 961 g/mol. The van der Waals surface area contributed by atoms with Crippen molar-refractivity contribution in [1.82, 2.24) is 20.6 Å². The Morgan fingerprint density at radius 1 is 0.484 bits per heavy atom. The van der Waals surface area contributed by atoms with Crippen molar-refractivity contribution >= 4 is 92.4 Å². The Hall–Kier alpha value is -5.00. The summed E-state index contributed by atoms with van der Waals surface area (Å²) in [6.07, 6.45) is 14.7. The largest absolute Gasteiger partial charge is 0.364 e. The maximum atomic E-state index is 9.03. The van der Waals surface area contributed by atoms with E-state index in [1.807, 2.05) is 80.4 Å². The average Bonchev–Trinajstić information content (AvgIpc) is 4.19. The molecule has 20 heteroatoms. The number of hydrogen-bond donors (Lipinski definition) is 0. The molecular formula is C44H40N8O4S8. The van der Waals surface area contributed by atoms with E-state index < -0.39 is 0 Å². The van der Waals surface area contributed by atoms with Gasteiger partial charge in [-0.25, -0.2) is 0 Å². The first kappa shape index (κ1) is 50.0. The Bertz CT molecular complexity index is 2660. The zero-order chi connectivity index (χ0) is 46.8. The maximum absolute atomic E-state index is 9.03. The molecule has 8 aromatic heterocycles. The highest BCUT2D eigenvalue weighted by molar-refractivity contribution is 8.01. The van der Waals surface area contributed by atoms with Crippen molar-refractivity contribution in [1.29, 1.82) is 21.0 Å². The van der Waals surface area contributed by atoms with Crippen LogP contribution in [0.3, 0.4) is 0 Å². The summed E-state index contributed by atoms with van der Waals surface area (Å²) >= 11 is 12.6. The minimum atomic E-state index is 0.746. The van der Waals surface area contributed by atoms with E-state index in [-0.39, 0.29) is 0 Å². The molecule has 0 radical (unpaired) electrons. The number of aryl methyl sites for hydroxylation is 4. The molecule has 0 aliphatic carbocycles. The van der Waals surface area contributed by atoms with Gasteiger partial charge in [-0.2, -0.15) is 21.0 Å². The summed E-state index contributed by atoms with van der Waals surface area (Å²) in [5.74, 6) is 1.57. The van der Waals surface area contributed by atoms with Gasteiger partial charge in [-0.15, -0.1) is 92.4 Å². The molecule has 8 heterocycles. The van der Waals surface area contributed by atoms with Crippen LogP contribution in [0, 0.1) is 101 Å². The summed E-state index contributed by atoms with van der Waals surface area (Å²) in [5, 5.41) is 51.6. The number of nitrogens with zero attached hydrogens (tertiary/aromatic N) is 8. The van der Waals surface area contributed by atoms with E-state index in [0.717, 1.165) is 126 Å². The van der Waals surface area contributed by atoms with Gasteiger partial charge in [0, 0.05) is 44.5 Å². The molecule has 12 nitrogen and oxygen atoms in total. The molecule has 0 aromatic carbocycles. The summed E-state index contributed by atoms with van der Waals surface area (Å²) in [4.78, 5) is 3.02. The number of rotatable bonds is 8. The Morgan fingerprint density at radius 2 is 0.906 bits per heavy atom. The lowest BCUT2D eigenvalue weighted by atomic mass is 10.1. The fourth-order valence-electron chi connectivity index (χ4n) is 6.24. The normalized spacial score (nSPS) is 10.4. The molecule has 0 fully saturated rings. The fourth-order valence-corrected chi connectivity index (χ4v) is 13.8. The van der Waals surface area contributed by atoms with Crippen molar-refractivity contribution in [2.75, 3.05) is 25.0 Å². The predicted octanol–water partition coefficient (Wildman–Crippen LogP) is 14.5. The lowest BCUT2D eigenvalue weighted by molar-refractivity contribution is 0.398. The van der Waals surface area contributed by atoms with E-state index in [9.17, 15) is 0 Å².